The summed E-state index contributed by atoms with van der Waals surface area (Å²) in [6.45, 7) is 12.8. The summed E-state index contributed by atoms with van der Waals surface area (Å²) in [4.78, 5) is 63.7. The zero-order valence-electron chi connectivity index (χ0n) is 33.4. The number of hydrogen-bond acceptors (Lipinski definition) is 11. The molecule has 3 amide bonds. The summed E-state index contributed by atoms with van der Waals surface area (Å²) in [6.07, 6.45) is 5.62. The molecule has 5 aromatic rings. The van der Waals surface area contributed by atoms with E-state index >= 15 is 8.78 Å². The van der Waals surface area contributed by atoms with E-state index < -0.39 is 23.6 Å². The van der Waals surface area contributed by atoms with Crippen molar-refractivity contribution >= 4 is 46.2 Å². The molecular formula is C43H47F2N11O3. The second kappa shape index (κ2) is 15.7. The quantitative estimate of drug-likeness (QED) is 0.186. The molecule has 7 heterocycles. The molecule has 3 saturated heterocycles. The topological polar surface area (TPSA) is 145 Å². The van der Waals surface area contributed by atoms with Crippen molar-refractivity contribution in [3.63, 3.8) is 0 Å². The van der Waals surface area contributed by atoms with Crippen molar-refractivity contribution in [2.45, 2.75) is 77.7 Å². The number of halogens is 2. The maximum absolute atomic E-state index is 15.2. The summed E-state index contributed by atoms with van der Waals surface area (Å²) in [5.41, 5.74) is 4.87. The van der Waals surface area contributed by atoms with Gasteiger partial charge in [-0.3, -0.25) is 29.5 Å². The van der Waals surface area contributed by atoms with E-state index in [1.165, 1.54) is 6.07 Å². The lowest BCUT2D eigenvalue weighted by molar-refractivity contribution is -0.136. The molecule has 0 saturated carbocycles. The number of piperazine rings is 1. The first-order valence-corrected chi connectivity index (χ1v) is 20.4. The highest BCUT2D eigenvalue weighted by Gasteiger charge is 2.39. The van der Waals surface area contributed by atoms with Crippen LogP contribution >= 0.6 is 0 Å². The normalized spacial score (nSPS) is 19.6. The molecule has 14 nitrogen and oxygen atoms in total. The molecule has 1 atom stereocenters. The molecule has 59 heavy (non-hydrogen) atoms. The van der Waals surface area contributed by atoms with Crippen LogP contribution in [-0.2, 0) is 22.7 Å². The highest BCUT2D eigenvalue weighted by atomic mass is 19.1. The minimum atomic E-state index is -0.660. The highest BCUT2D eigenvalue weighted by Crippen LogP contribution is 2.32. The molecule has 3 fully saturated rings. The molecule has 2 N–H and O–H groups in total. The largest absolute Gasteiger partial charge is 0.370 e. The Morgan fingerprint density at radius 3 is 2.41 bits per heavy atom. The van der Waals surface area contributed by atoms with Gasteiger partial charge in [0.15, 0.2) is 11.6 Å². The number of carbonyl (C=O) groups is 3. The van der Waals surface area contributed by atoms with Gasteiger partial charge in [0.1, 0.15) is 28.9 Å². The van der Waals surface area contributed by atoms with Gasteiger partial charge in [0.2, 0.25) is 17.8 Å². The molecule has 1 unspecified atom stereocenters. The number of aromatic nitrogens is 5. The van der Waals surface area contributed by atoms with Crippen LogP contribution in [0, 0.1) is 18.6 Å². The fourth-order valence-corrected chi connectivity index (χ4v) is 9.21. The highest BCUT2D eigenvalue weighted by molar-refractivity contribution is 6.05. The number of rotatable bonds is 9. The predicted molar refractivity (Wildman–Crippen MR) is 218 cm³/mol. The molecule has 0 spiro atoms. The van der Waals surface area contributed by atoms with Gasteiger partial charge in [-0.2, -0.15) is 0 Å². The minimum absolute atomic E-state index is 0.0159. The lowest BCUT2D eigenvalue weighted by Gasteiger charge is -2.43. The van der Waals surface area contributed by atoms with Crippen LogP contribution in [0.5, 0.6) is 0 Å². The first-order chi connectivity index (χ1) is 28.5. The first-order valence-electron chi connectivity index (χ1n) is 20.4. The van der Waals surface area contributed by atoms with E-state index in [1.807, 2.05) is 55.8 Å². The molecule has 0 radical (unpaired) electrons. The summed E-state index contributed by atoms with van der Waals surface area (Å²) < 4.78 is 32.1. The van der Waals surface area contributed by atoms with Gasteiger partial charge in [0, 0.05) is 82.0 Å². The van der Waals surface area contributed by atoms with Crippen molar-refractivity contribution in [3.8, 4) is 11.3 Å². The molecule has 306 valence electrons. The van der Waals surface area contributed by atoms with Crippen molar-refractivity contribution in [2.75, 3.05) is 49.5 Å². The third-order valence-electron chi connectivity index (χ3n) is 12.2. The first kappa shape index (κ1) is 38.6. The Morgan fingerprint density at radius 1 is 0.881 bits per heavy atom. The molecule has 0 bridgehead atoms. The molecule has 4 aliphatic rings. The number of benzene rings is 2. The molecule has 0 aliphatic carbocycles. The van der Waals surface area contributed by atoms with E-state index in [2.05, 4.69) is 51.3 Å². The van der Waals surface area contributed by atoms with Gasteiger partial charge >= 0.3 is 0 Å². The molecule has 4 aliphatic heterocycles. The number of imide groups is 1. The number of piperidine rings is 2. The van der Waals surface area contributed by atoms with Crippen molar-refractivity contribution in [2.24, 2.45) is 0 Å². The van der Waals surface area contributed by atoms with E-state index in [1.54, 1.807) is 11.0 Å². The lowest BCUT2D eigenvalue weighted by atomic mass is 10.0. The second-order valence-corrected chi connectivity index (χ2v) is 16.3. The van der Waals surface area contributed by atoms with Gasteiger partial charge in [0.25, 0.3) is 5.91 Å². The number of anilines is 3. The van der Waals surface area contributed by atoms with Crippen LogP contribution in [0.2, 0.25) is 0 Å². The monoisotopic (exact) mass is 803 g/mol. The van der Waals surface area contributed by atoms with Crippen molar-refractivity contribution in [3.05, 3.63) is 89.0 Å². The van der Waals surface area contributed by atoms with E-state index in [-0.39, 0.29) is 41.4 Å². The zero-order chi connectivity index (χ0) is 40.9. The number of carbonyl (C=O) groups excluding carboxylic acids is 3. The number of hydrogen-bond donors (Lipinski definition) is 2. The Labute approximate surface area is 340 Å². The number of fused-ring (bicyclic) bond motifs is 2. The summed E-state index contributed by atoms with van der Waals surface area (Å²) in [5, 5.41) is 5.44. The van der Waals surface area contributed by atoms with Gasteiger partial charge in [-0.15, -0.1) is 0 Å². The summed E-state index contributed by atoms with van der Waals surface area (Å²) in [7, 11) is 0. The lowest BCUT2D eigenvalue weighted by Crippen LogP contribution is -2.53. The fourth-order valence-electron chi connectivity index (χ4n) is 9.21. The summed E-state index contributed by atoms with van der Waals surface area (Å²) >= 11 is 0. The van der Waals surface area contributed by atoms with Gasteiger partial charge in [-0.25, -0.2) is 28.7 Å². The van der Waals surface area contributed by atoms with E-state index in [0.717, 1.165) is 81.7 Å². The molecule has 9 rings (SSSR count). The number of imidazole rings is 1. The average molecular weight is 804 g/mol. The number of nitrogens with one attached hydrogen (secondary N) is 2. The third kappa shape index (κ3) is 7.62. The maximum atomic E-state index is 15.2. The Balaban J connectivity index is 0.761. The van der Waals surface area contributed by atoms with Crippen LogP contribution in [0.25, 0.3) is 22.3 Å². The Bertz CT molecular complexity index is 2440. The van der Waals surface area contributed by atoms with E-state index in [4.69, 9.17) is 0 Å². The van der Waals surface area contributed by atoms with Crippen LogP contribution in [0.4, 0.5) is 26.2 Å². The Kier molecular flexibility index (Phi) is 10.3. The van der Waals surface area contributed by atoms with Gasteiger partial charge in [0.05, 0.1) is 23.6 Å². The second-order valence-electron chi connectivity index (χ2n) is 16.3. The fraction of sp³-hybridized carbons (Fsp3) is 0.419. The number of aryl methyl sites for hydroxylation is 1. The Morgan fingerprint density at radius 2 is 1.68 bits per heavy atom. The number of amides is 3. The zero-order valence-corrected chi connectivity index (χ0v) is 33.4. The van der Waals surface area contributed by atoms with Gasteiger partial charge in [-0.05, 0) is 81.5 Å². The third-order valence-corrected chi connectivity index (χ3v) is 12.2. The average Bonchev–Trinajstić information content (AvgIpc) is 3.74. The Hall–Kier alpha value is -5.87. The van der Waals surface area contributed by atoms with Crippen molar-refractivity contribution in [1.82, 2.24) is 44.5 Å². The van der Waals surface area contributed by atoms with E-state index in [9.17, 15) is 14.4 Å². The van der Waals surface area contributed by atoms with Crippen molar-refractivity contribution in [1.29, 1.82) is 0 Å². The summed E-state index contributed by atoms with van der Waals surface area (Å²) in [5.74, 6) is -0.675. The van der Waals surface area contributed by atoms with Crippen molar-refractivity contribution < 1.29 is 23.2 Å². The summed E-state index contributed by atoms with van der Waals surface area (Å²) in [6, 6.07) is 12.8. The smallest absolute Gasteiger partial charge is 0.255 e. The van der Waals surface area contributed by atoms with Gasteiger partial charge in [-0.1, -0.05) is 12.1 Å². The van der Waals surface area contributed by atoms with Crippen LogP contribution < -0.4 is 15.5 Å². The maximum Gasteiger partial charge on any atom is 0.255 e. The standard InChI is InChI=1S/C43H47F2N11O3/c1-25(2)56-26(3)48-40-33(44)19-28(20-36(40)56)39-34(45)22-47-43(51-39)49-37-8-5-31(21-46-37)53-12-10-30(11-13-53)54-16-14-52(15-17-54)23-27-4-6-32-29(18-27)24-55(42(32)59)35-7-9-38(57)50-41(35)58/h4-6,8,18-22,25,30,35H,7,9-17,23-24H2,1-3H3,(H,50,57,58)(H,46,47,49,51). The number of nitrogens with zero attached hydrogens (tertiary/aromatic N) is 9. The molecule has 2 aromatic carbocycles. The van der Waals surface area contributed by atoms with Gasteiger partial charge < -0.3 is 19.7 Å². The SMILES string of the molecule is Cc1nc2c(F)cc(-c3nc(Nc4ccc(N5CCC(N6CCN(Cc7ccc8c(c7)CN(C7CCC(=O)NC7=O)C8=O)CC6)CC5)cn4)ncc3F)cc2n1C(C)C. The van der Waals surface area contributed by atoms with E-state index in [0.29, 0.717) is 47.3 Å². The molecule has 16 heteroatoms. The van der Waals surface area contributed by atoms with Crippen LogP contribution in [0.15, 0.2) is 54.9 Å². The van der Waals surface area contributed by atoms with Crippen LogP contribution in [-0.4, -0.2) is 108 Å². The molecule has 3 aromatic heterocycles. The van der Waals surface area contributed by atoms with Crippen LogP contribution in [0.1, 0.15) is 72.9 Å². The minimum Gasteiger partial charge on any atom is -0.370 e. The number of pyridine rings is 1. The molecular weight excluding hydrogens is 757 g/mol. The van der Waals surface area contributed by atoms with Crippen LogP contribution in [0.3, 0.4) is 0 Å². The predicted octanol–water partition coefficient (Wildman–Crippen LogP) is 5.35.